The van der Waals surface area contributed by atoms with E-state index in [1.165, 1.54) is 5.01 Å². The van der Waals surface area contributed by atoms with Gasteiger partial charge in [-0.05, 0) is 19.8 Å². The molecule has 1 aliphatic heterocycles. The van der Waals surface area contributed by atoms with Gasteiger partial charge in [-0.15, -0.1) is 4.91 Å². The van der Waals surface area contributed by atoms with Gasteiger partial charge in [0.1, 0.15) is 0 Å². The average molecular weight is 130 g/mol. The minimum absolute atomic E-state index is 0.580. The summed E-state index contributed by atoms with van der Waals surface area (Å²) in [6, 6.07) is 0. The molecule has 0 spiro atoms. The van der Waals surface area contributed by atoms with E-state index in [2.05, 4.69) is 5.29 Å². The van der Waals surface area contributed by atoms with Gasteiger partial charge in [0.05, 0.1) is 5.29 Å². The lowest BCUT2D eigenvalue weighted by atomic mass is 10.2. The molecule has 0 bridgehead atoms. The molecular formula is C5H10N2O2. The van der Waals surface area contributed by atoms with Gasteiger partial charge in [0.15, 0.2) is 5.72 Å². The van der Waals surface area contributed by atoms with Crippen LogP contribution in [0.1, 0.15) is 19.8 Å². The van der Waals surface area contributed by atoms with Gasteiger partial charge < -0.3 is 5.11 Å². The summed E-state index contributed by atoms with van der Waals surface area (Å²) in [5, 5.41) is 13.1. The molecule has 1 saturated heterocycles. The molecule has 0 aromatic heterocycles. The number of nitroso groups, excluding NO2 is 1. The van der Waals surface area contributed by atoms with Crippen molar-refractivity contribution in [3.05, 3.63) is 4.91 Å². The van der Waals surface area contributed by atoms with Crippen LogP contribution < -0.4 is 0 Å². The average Bonchev–Trinajstić information content (AvgIpc) is 2.08. The molecule has 1 heterocycles. The van der Waals surface area contributed by atoms with Gasteiger partial charge in [-0.2, -0.15) is 0 Å². The highest BCUT2D eigenvalue weighted by Gasteiger charge is 2.34. The van der Waals surface area contributed by atoms with Crippen LogP contribution >= 0.6 is 0 Å². The highest BCUT2D eigenvalue weighted by molar-refractivity contribution is 4.78. The first kappa shape index (κ1) is 6.48. The summed E-state index contributed by atoms with van der Waals surface area (Å²) in [5.74, 6) is 0. The Morgan fingerprint density at radius 2 is 2.44 bits per heavy atom. The summed E-state index contributed by atoms with van der Waals surface area (Å²) in [5.41, 5.74) is -0.984. The van der Waals surface area contributed by atoms with Crippen LogP contribution in [0.5, 0.6) is 0 Å². The predicted octanol–water partition coefficient (Wildman–Crippen LogP) is 0.472. The lowest BCUT2D eigenvalue weighted by Gasteiger charge is -2.23. The Labute approximate surface area is 53.4 Å². The molecule has 9 heavy (non-hydrogen) atoms. The highest BCUT2D eigenvalue weighted by Crippen LogP contribution is 2.25. The molecular weight excluding hydrogens is 120 g/mol. The van der Waals surface area contributed by atoms with Crippen molar-refractivity contribution in [1.29, 1.82) is 0 Å². The van der Waals surface area contributed by atoms with E-state index in [1.807, 2.05) is 0 Å². The zero-order chi connectivity index (χ0) is 6.91. The Hall–Kier alpha value is -0.640. The molecule has 0 aromatic carbocycles. The van der Waals surface area contributed by atoms with Crippen molar-refractivity contribution < 1.29 is 5.11 Å². The van der Waals surface area contributed by atoms with Crippen LogP contribution in [0.25, 0.3) is 0 Å². The van der Waals surface area contributed by atoms with Crippen LogP contribution in [0.3, 0.4) is 0 Å². The van der Waals surface area contributed by atoms with Crippen molar-refractivity contribution in [2.45, 2.75) is 25.5 Å². The van der Waals surface area contributed by atoms with E-state index in [9.17, 15) is 10.0 Å². The summed E-state index contributed by atoms with van der Waals surface area (Å²) < 4.78 is 0. The molecule has 52 valence electrons. The summed E-state index contributed by atoms with van der Waals surface area (Å²) in [4.78, 5) is 9.94. The van der Waals surface area contributed by atoms with Gasteiger partial charge in [0, 0.05) is 6.54 Å². The summed E-state index contributed by atoms with van der Waals surface area (Å²) in [6.45, 7) is 2.18. The first-order valence-electron chi connectivity index (χ1n) is 3.00. The monoisotopic (exact) mass is 130 g/mol. The van der Waals surface area contributed by atoms with Crippen molar-refractivity contribution in [1.82, 2.24) is 5.01 Å². The summed E-state index contributed by atoms with van der Waals surface area (Å²) in [6.07, 6.45) is 1.48. The second kappa shape index (κ2) is 1.95. The number of aliphatic hydroxyl groups is 1. The molecule has 0 saturated carbocycles. The lowest BCUT2D eigenvalue weighted by molar-refractivity contribution is -0.0641. The molecule has 1 atom stereocenters. The molecule has 4 nitrogen and oxygen atoms in total. The highest BCUT2D eigenvalue weighted by atomic mass is 16.4. The fourth-order valence-electron chi connectivity index (χ4n) is 1.06. The van der Waals surface area contributed by atoms with Crippen molar-refractivity contribution in [2.75, 3.05) is 6.54 Å². The maximum atomic E-state index is 9.94. The molecule has 0 amide bonds. The molecule has 0 aliphatic carbocycles. The van der Waals surface area contributed by atoms with Crippen LogP contribution in [0.2, 0.25) is 0 Å². The van der Waals surface area contributed by atoms with E-state index >= 15 is 0 Å². The number of rotatable bonds is 1. The van der Waals surface area contributed by atoms with Gasteiger partial charge in [0.2, 0.25) is 0 Å². The van der Waals surface area contributed by atoms with Crippen LogP contribution in [0.4, 0.5) is 0 Å². The Morgan fingerprint density at radius 1 is 1.78 bits per heavy atom. The minimum atomic E-state index is -0.984. The van der Waals surface area contributed by atoms with Gasteiger partial charge in [0.25, 0.3) is 0 Å². The van der Waals surface area contributed by atoms with E-state index in [-0.39, 0.29) is 0 Å². The standard InChI is InChI=1S/C5H10N2O2/c1-5(8)3-2-4-7(5)6-9/h8H,2-4H2,1H3. The molecule has 1 unspecified atom stereocenters. The van der Waals surface area contributed by atoms with E-state index in [0.29, 0.717) is 13.0 Å². The van der Waals surface area contributed by atoms with E-state index < -0.39 is 5.72 Å². The van der Waals surface area contributed by atoms with Gasteiger partial charge >= 0.3 is 0 Å². The maximum absolute atomic E-state index is 9.94. The topological polar surface area (TPSA) is 52.9 Å². The number of hydrogen-bond donors (Lipinski definition) is 1. The maximum Gasteiger partial charge on any atom is 0.153 e. The minimum Gasteiger partial charge on any atom is -0.370 e. The van der Waals surface area contributed by atoms with Gasteiger partial charge in [-0.1, -0.05) is 0 Å². The van der Waals surface area contributed by atoms with Crippen LogP contribution in [-0.2, 0) is 0 Å². The van der Waals surface area contributed by atoms with Crippen LogP contribution in [-0.4, -0.2) is 22.4 Å². The molecule has 0 radical (unpaired) electrons. The van der Waals surface area contributed by atoms with E-state index in [0.717, 1.165) is 6.42 Å². The molecule has 1 N–H and O–H groups in total. The molecule has 1 aliphatic rings. The second-order valence-corrected chi connectivity index (χ2v) is 2.53. The fourth-order valence-corrected chi connectivity index (χ4v) is 1.06. The van der Waals surface area contributed by atoms with Crippen molar-refractivity contribution >= 4 is 0 Å². The third-order valence-electron chi connectivity index (χ3n) is 1.67. The van der Waals surface area contributed by atoms with Crippen molar-refractivity contribution in [3.63, 3.8) is 0 Å². The Balaban J connectivity index is 2.62. The molecule has 0 aromatic rings. The lowest BCUT2D eigenvalue weighted by Crippen LogP contribution is -2.36. The van der Waals surface area contributed by atoms with Gasteiger partial charge in [-0.25, -0.2) is 5.01 Å². The smallest absolute Gasteiger partial charge is 0.153 e. The predicted molar refractivity (Wildman–Crippen MR) is 32.4 cm³/mol. The molecule has 1 fully saturated rings. The summed E-state index contributed by atoms with van der Waals surface area (Å²) in [7, 11) is 0. The second-order valence-electron chi connectivity index (χ2n) is 2.53. The third-order valence-corrected chi connectivity index (χ3v) is 1.67. The van der Waals surface area contributed by atoms with Crippen LogP contribution in [0, 0.1) is 4.91 Å². The Kier molecular flexibility index (Phi) is 1.40. The van der Waals surface area contributed by atoms with E-state index in [4.69, 9.17) is 0 Å². The van der Waals surface area contributed by atoms with Crippen molar-refractivity contribution in [3.8, 4) is 0 Å². The fraction of sp³-hybridized carbons (Fsp3) is 1.00. The molecule has 1 rings (SSSR count). The summed E-state index contributed by atoms with van der Waals surface area (Å²) >= 11 is 0. The number of nitrogens with zero attached hydrogens (tertiary/aromatic N) is 2. The Bertz CT molecular complexity index is 124. The normalized spacial score (nSPS) is 35.1. The first-order valence-corrected chi connectivity index (χ1v) is 3.00. The quantitative estimate of drug-likeness (QED) is 0.525. The zero-order valence-corrected chi connectivity index (χ0v) is 5.37. The number of hydrogen-bond acceptors (Lipinski definition) is 3. The van der Waals surface area contributed by atoms with Crippen LogP contribution in [0.15, 0.2) is 5.29 Å². The largest absolute Gasteiger partial charge is 0.370 e. The first-order chi connectivity index (χ1) is 4.17. The SMILES string of the molecule is CC1(O)CCCN1N=O. The van der Waals surface area contributed by atoms with Gasteiger partial charge in [-0.3, -0.25) is 0 Å². The third kappa shape index (κ3) is 1.03. The zero-order valence-electron chi connectivity index (χ0n) is 5.37. The molecule has 4 heteroatoms. The van der Waals surface area contributed by atoms with E-state index in [1.54, 1.807) is 6.92 Å². The Morgan fingerprint density at radius 3 is 2.67 bits per heavy atom. The van der Waals surface area contributed by atoms with Crippen molar-refractivity contribution in [2.24, 2.45) is 5.29 Å².